The molecule has 0 bridgehead atoms. The van der Waals surface area contributed by atoms with E-state index in [2.05, 4.69) is 4.90 Å². The summed E-state index contributed by atoms with van der Waals surface area (Å²) in [5.41, 5.74) is -0.309. The number of hydrogen-bond acceptors (Lipinski definition) is 4. The quantitative estimate of drug-likeness (QED) is 0.719. The monoisotopic (exact) mass is 365 g/mol. The van der Waals surface area contributed by atoms with Crippen LogP contribution >= 0.6 is 0 Å². The van der Waals surface area contributed by atoms with Crippen molar-refractivity contribution in [2.45, 2.75) is 57.4 Å². The van der Waals surface area contributed by atoms with Gasteiger partial charge in [-0.3, -0.25) is 14.5 Å². The van der Waals surface area contributed by atoms with Gasteiger partial charge in [-0.2, -0.15) is 0 Å². The van der Waals surface area contributed by atoms with Crippen molar-refractivity contribution in [3.63, 3.8) is 0 Å². The van der Waals surface area contributed by atoms with E-state index in [9.17, 15) is 9.59 Å². The largest absolute Gasteiger partial charge is 0.383 e. The Labute approximate surface area is 157 Å². The minimum Gasteiger partial charge on any atom is -0.383 e. The van der Waals surface area contributed by atoms with E-state index in [-0.39, 0.29) is 11.3 Å². The van der Waals surface area contributed by atoms with E-state index in [1.165, 1.54) is 19.3 Å². The minimum absolute atomic E-state index is 0.142. The Morgan fingerprint density at radius 3 is 2.69 bits per heavy atom. The van der Waals surface area contributed by atoms with Gasteiger partial charge in [0.05, 0.1) is 18.6 Å². The van der Waals surface area contributed by atoms with Crippen LogP contribution in [0.25, 0.3) is 0 Å². The minimum atomic E-state index is -0.309. The number of likely N-dealkylation sites (tertiary alicyclic amines) is 2. The van der Waals surface area contributed by atoms with Crippen LogP contribution in [-0.4, -0.2) is 86.0 Å². The van der Waals surface area contributed by atoms with Crippen LogP contribution in [0.1, 0.15) is 51.4 Å². The first kappa shape index (κ1) is 19.6. The van der Waals surface area contributed by atoms with Crippen molar-refractivity contribution in [3.05, 3.63) is 0 Å². The number of nitrogens with zero attached hydrogens (tertiary/aromatic N) is 3. The molecule has 3 fully saturated rings. The van der Waals surface area contributed by atoms with Gasteiger partial charge in [0, 0.05) is 39.3 Å². The van der Waals surface area contributed by atoms with Crippen molar-refractivity contribution in [1.82, 2.24) is 14.7 Å². The summed E-state index contributed by atoms with van der Waals surface area (Å²) in [5, 5.41) is 0. The highest BCUT2D eigenvalue weighted by Crippen LogP contribution is 2.42. The van der Waals surface area contributed by atoms with Crippen LogP contribution in [0.3, 0.4) is 0 Å². The average molecular weight is 366 g/mol. The standard InChI is InChI=1S/C20H35N3O3/c1-21(13-14-26-2)15-18(24)22-12-10-20(16-22)9-6-11-23(19(20)25)17-7-4-3-5-8-17/h17H,3-16H2,1-2H3. The van der Waals surface area contributed by atoms with E-state index in [0.717, 1.165) is 51.7 Å². The number of ether oxygens (including phenoxy) is 1. The number of amides is 2. The fourth-order valence-electron chi connectivity index (χ4n) is 4.96. The molecule has 26 heavy (non-hydrogen) atoms. The molecule has 0 aromatic heterocycles. The second kappa shape index (κ2) is 8.70. The smallest absolute Gasteiger partial charge is 0.236 e. The second-order valence-corrected chi connectivity index (χ2v) is 8.47. The van der Waals surface area contributed by atoms with Gasteiger partial charge < -0.3 is 14.5 Å². The summed E-state index contributed by atoms with van der Waals surface area (Å²) in [4.78, 5) is 32.1. The Kier molecular flexibility index (Phi) is 6.56. The molecule has 2 heterocycles. The van der Waals surface area contributed by atoms with E-state index in [1.54, 1.807) is 7.11 Å². The molecular weight excluding hydrogens is 330 g/mol. The molecule has 1 atom stereocenters. The number of carbonyl (C=O) groups excluding carboxylic acids is 2. The van der Waals surface area contributed by atoms with Crippen LogP contribution in [-0.2, 0) is 14.3 Å². The molecule has 2 amide bonds. The SMILES string of the molecule is COCCN(C)CC(=O)N1CCC2(CCCN(C3CCCCC3)C2=O)C1. The molecule has 1 saturated carbocycles. The average Bonchev–Trinajstić information content (AvgIpc) is 3.08. The number of piperidine rings is 1. The highest BCUT2D eigenvalue weighted by Gasteiger charge is 2.50. The maximum Gasteiger partial charge on any atom is 0.236 e. The number of rotatable bonds is 6. The third kappa shape index (κ3) is 4.22. The predicted molar refractivity (Wildman–Crippen MR) is 101 cm³/mol. The molecule has 2 saturated heterocycles. The molecule has 0 aromatic carbocycles. The van der Waals surface area contributed by atoms with Crippen LogP contribution in [0.15, 0.2) is 0 Å². The third-order valence-corrected chi connectivity index (χ3v) is 6.57. The lowest BCUT2D eigenvalue weighted by atomic mass is 9.77. The van der Waals surface area contributed by atoms with Gasteiger partial charge in [0.1, 0.15) is 0 Å². The molecule has 6 heteroatoms. The van der Waals surface area contributed by atoms with Crippen molar-refractivity contribution in [1.29, 1.82) is 0 Å². The molecule has 6 nitrogen and oxygen atoms in total. The summed E-state index contributed by atoms with van der Waals surface area (Å²) in [6, 6.07) is 0.443. The highest BCUT2D eigenvalue weighted by molar-refractivity contribution is 5.86. The lowest BCUT2D eigenvalue weighted by Crippen LogP contribution is -2.54. The summed E-state index contributed by atoms with van der Waals surface area (Å²) >= 11 is 0. The Morgan fingerprint density at radius 1 is 1.19 bits per heavy atom. The summed E-state index contributed by atoms with van der Waals surface area (Å²) in [7, 11) is 3.62. The zero-order chi connectivity index (χ0) is 18.6. The summed E-state index contributed by atoms with van der Waals surface area (Å²) < 4.78 is 5.08. The summed E-state index contributed by atoms with van der Waals surface area (Å²) in [5.74, 6) is 0.474. The van der Waals surface area contributed by atoms with Crippen molar-refractivity contribution < 1.29 is 14.3 Å². The number of methoxy groups -OCH3 is 1. The molecule has 2 aliphatic heterocycles. The maximum absolute atomic E-state index is 13.3. The highest BCUT2D eigenvalue weighted by atomic mass is 16.5. The topological polar surface area (TPSA) is 53.1 Å². The van der Waals surface area contributed by atoms with Crippen molar-refractivity contribution in [3.8, 4) is 0 Å². The Morgan fingerprint density at radius 2 is 1.96 bits per heavy atom. The zero-order valence-electron chi connectivity index (χ0n) is 16.5. The maximum atomic E-state index is 13.3. The van der Waals surface area contributed by atoms with Gasteiger partial charge in [-0.05, 0) is 39.2 Å². The van der Waals surface area contributed by atoms with Gasteiger partial charge in [0.15, 0.2) is 0 Å². The predicted octanol–water partition coefficient (Wildman–Crippen LogP) is 1.74. The molecule has 0 radical (unpaired) electrons. The molecule has 1 aliphatic carbocycles. The normalized spacial score (nSPS) is 27.7. The summed E-state index contributed by atoms with van der Waals surface area (Å²) in [6.45, 7) is 4.03. The lowest BCUT2D eigenvalue weighted by Gasteiger charge is -2.44. The molecule has 1 spiro atoms. The first-order valence-electron chi connectivity index (χ1n) is 10.3. The lowest BCUT2D eigenvalue weighted by molar-refractivity contribution is -0.149. The van der Waals surface area contributed by atoms with E-state index < -0.39 is 0 Å². The molecule has 3 rings (SSSR count). The third-order valence-electron chi connectivity index (χ3n) is 6.57. The first-order chi connectivity index (χ1) is 12.6. The Hall–Kier alpha value is -1.14. The first-order valence-corrected chi connectivity index (χ1v) is 10.3. The molecule has 3 aliphatic rings. The van der Waals surface area contributed by atoms with Crippen LogP contribution in [0.2, 0.25) is 0 Å². The summed E-state index contributed by atoms with van der Waals surface area (Å²) in [6.07, 6.45) is 8.99. The van der Waals surface area contributed by atoms with Gasteiger partial charge in [0.25, 0.3) is 0 Å². The Balaban J connectivity index is 1.58. The zero-order valence-corrected chi connectivity index (χ0v) is 16.5. The van der Waals surface area contributed by atoms with Gasteiger partial charge in [-0.15, -0.1) is 0 Å². The molecule has 0 N–H and O–H groups in total. The van der Waals surface area contributed by atoms with Gasteiger partial charge in [0.2, 0.25) is 11.8 Å². The fourth-order valence-corrected chi connectivity index (χ4v) is 4.96. The van der Waals surface area contributed by atoms with Crippen molar-refractivity contribution in [2.75, 3.05) is 53.5 Å². The van der Waals surface area contributed by atoms with Gasteiger partial charge >= 0.3 is 0 Å². The number of carbonyl (C=O) groups is 2. The van der Waals surface area contributed by atoms with Crippen molar-refractivity contribution >= 4 is 11.8 Å². The second-order valence-electron chi connectivity index (χ2n) is 8.47. The van der Waals surface area contributed by atoms with Crippen LogP contribution in [0.4, 0.5) is 0 Å². The van der Waals surface area contributed by atoms with E-state index in [0.29, 0.717) is 31.6 Å². The number of hydrogen-bond donors (Lipinski definition) is 0. The Bertz CT molecular complexity index is 507. The molecule has 1 unspecified atom stereocenters. The van der Waals surface area contributed by atoms with E-state index >= 15 is 0 Å². The molecular formula is C20H35N3O3. The van der Waals surface area contributed by atoms with Crippen LogP contribution in [0, 0.1) is 5.41 Å². The van der Waals surface area contributed by atoms with Gasteiger partial charge in [-0.1, -0.05) is 19.3 Å². The van der Waals surface area contributed by atoms with E-state index in [4.69, 9.17) is 4.74 Å². The number of likely N-dealkylation sites (N-methyl/N-ethyl adjacent to an activating group) is 1. The fraction of sp³-hybridized carbons (Fsp3) is 0.900. The van der Waals surface area contributed by atoms with Gasteiger partial charge in [-0.25, -0.2) is 0 Å². The molecule has 148 valence electrons. The van der Waals surface area contributed by atoms with E-state index in [1.807, 2.05) is 16.8 Å². The molecule has 0 aromatic rings. The van der Waals surface area contributed by atoms with Crippen molar-refractivity contribution in [2.24, 2.45) is 5.41 Å². The van der Waals surface area contributed by atoms with Crippen LogP contribution < -0.4 is 0 Å². The van der Waals surface area contributed by atoms with Crippen LogP contribution in [0.5, 0.6) is 0 Å².